The monoisotopic (exact) mass is 366 g/mol. The normalized spacial score (nSPS) is 18.0. The van der Waals surface area contributed by atoms with Crippen molar-refractivity contribution in [2.75, 3.05) is 11.9 Å². The number of para-hydroxylation sites is 1. The third-order valence-corrected chi connectivity index (χ3v) is 4.59. The summed E-state index contributed by atoms with van der Waals surface area (Å²) in [7, 11) is 0. The SMILES string of the molecule is CC(C)CCNC(=O)C1CC1C(=O)Nc1ccc(Oc2ccccc2)cc1. The van der Waals surface area contributed by atoms with Crippen LogP contribution in [0.5, 0.6) is 11.5 Å². The molecule has 2 aromatic carbocycles. The zero-order valence-electron chi connectivity index (χ0n) is 15.8. The van der Waals surface area contributed by atoms with Crippen LogP contribution < -0.4 is 15.4 Å². The number of hydrogen-bond donors (Lipinski definition) is 2. The molecule has 2 amide bonds. The fourth-order valence-corrected chi connectivity index (χ4v) is 2.86. The molecule has 2 aromatic rings. The predicted octanol–water partition coefficient (Wildman–Crippen LogP) is 4.22. The molecule has 0 aromatic heterocycles. The van der Waals surface area contributed by atoms with Crippen molar-refractivity contribution in [1.82, 2.24) is 5.32 Å². The van der Waals surface area contributed by atoms with Crippen LogP contribution in [0, 0.1) is 17.8 Å². The lowest BCUT2D eigenvalue weighted by Crippen LogP contribution is -2.28. The number of benzene rings is 2. The summed E-state index contributed by atoms with van der Waals surface area (Å²) in [5, 5.41) is 5.80. The summed E-state index contributed by atoms with van der Waals surface area (Å²) in [6, 6.07) is 16.7. The van der Waals surface area contributed by atoms with Gasteiger partial charge in [-0.3, -0.25) is 9.59 Å². The van der Waals surface area contributed by atoms with Gasteiger partial charge < -0.3 is 15.4 Å². The second-order valence-corrected chi connectivity index (χ2v) is 7.35. The van der Waals surface area contributed by atoms with Crippen LogP contribution in [0.3, 0.4) is 0 Å². The van der Waals surface area contributed by atoms with Crippen molar-refractivity contribution in [1.29, 1.82) is 0 Å². The quantitative estimate of drug-likeness (QED) is 0.735. The van der Waals surface area contributed by atoms with Crippen LogP contribution >= 0.6 is 0 Å². The highest BCUT2D eigenvalue weighted by molar-refractivity contribution is 5.99. The largest absolute Gasteiger partial charge is 0.457 e. The molecule has 142 valence electrons. The van der Waals surface area contributed by atoms with Gasteiger partial charge in [0.15, 0.2) is 0 Å². The molecule has 1 saturated carbocycles. The molecule has 0 radical (unpaired) electrons. The first-order chi connectivity index (χ1) is 13.0. The smallest absolute Gasteiger partial charge is 0.228 e. The van der Waals surface area contributed by atoms with Crippen molar-refractivity contribution in [3.05, 3.63) is 54.6 Å². The second-order valence-electron chi connectivity index (χ2n) is 7.35. The number of carbonyl (C=O) groups is 2. The summed E-state index contributed by atoms with van der Waals surface area (Å²) in [5.41, 5.74) is 0.700. The molecular weight excluding hydrogens is 340 g/mol. The van der Waals surface area contributed by atoms with E-state index in [4.69, 9.17) is 4.74 Å². The Morgan fingerprint density at radius 2 is 1.59 bits per heavy atom. The Hall–Kier alpha value is -2.82. The molecule has 0 aliphatic heterocycles. The third kappa shape index (κ3) is 5.58. The minimum atomic E-state index is -0.232. The minimum Gasteiger partial charge on any atom is -0.457 e. The van der Waals surface area contributed by atoms with E-state index in [1.807, 2.05) is 42.5 Å². The standard InChI is InChI=1S/C22H26N2O3/c1-15(2)12-13-23-21(25)19-14-20(19)22(26)24-16-8-10-18(11-9-16)27-17-6-4-3-5-7-17/h3-11,15,19-20H,12-14H2,1-2H3,(H,23,25)(H,24,26). The van der Waals surface area contributed by atoms with E-state index < -0.39 is 0 Å². The molecule has 0 spiro atoms. The molecular formula is C22H26N2O3. The maximum absolute atomic E-state index is 12.3. The molecule has 2 unspecified atom stereocenters. The van der Waals surface area contributed by atoms with Crippen LogP contribution in [0.1, 0.15) is 26.7 Å². The van der Waals surface area contributed by atoms with Gasteiger partial charge in [-0.25, -0.2) is 0 Å². The first-order valence-electron chi connectivity index (χ1n) is 9.44. The highest BCUT2D eigenvalue weighted by Gasteiger charge is 2.47. The minimum absolute atomic E-state index is 0.0117. The van der Waals surface area contributed by atoms with E-state index >= 15 is 0 Å². The molecule has 5 heteroatoms. The fourth-order valence-electron chi connectivity index (χ4n) is 2.86. The summed E-state index contributed by atoms with van der Waals surface area (Å²) in [5.74, 6) is 1.48. The van der Waals surface area contributed by atoms with Gasteiger partial charge in [0.25, 0.3) is 0 Å². The average Bonchev–Trinajstić information content (AvgIpc) is 3.45. The third-order valence-electron chi connectivity index (χ3n) is 4.59. The van der Waals surface area contributed by atoms with Crippen molar-refractivity contribution in [2.24, 2.45) is 17.8 Å². The molecule has 3 rings (SSSR count). The fraction of sp³-hybridized carbons (Fsp3) is 0.364. The van der Waals surface area contributed by atoms with E-state index in [9.17, 15) is 9.59 Å². The van der Waals surface area contributed by atoms with Crippen LogP contribution in [0.15, 0.2) is 54.6 Å². The topological polar surface area (TPSA) is 67.4 Å². The lowest BCUT2D eigenvalue weighted by molar-refractivity contribution is -0.125. The zero-order valence-corrected chi connectivity index (χ0v) is 15.8. The van der Waals surface area contributed by atoms with Gasteiger partial charge in [-0.1, -0.05) is 32.0 Å². The van der Waals surface area contributed by atoms with E-state index in [0.29, 0.717) is 30.3 Å². The molecule has 27 heavy (non-hydrogen) atoms. The lowest BCUT2D eigenvalue weighted by atomic mass is 10.1. The van der Waals surface area contributed by atoms with Gasteiger partial charge in [0.2, 0.25) is 11.8 Å². The maximum atomic E-state index is 12.3. The molecule has 1 aliphatic rings. The average molecular weight is 366 g/mol. The molecule has 1 fully saturated rings. The summed E-state index contributed by atoms with van der Waals surface area (Å²) >= 11 is 0. The van der Waals surface area contributed by atoms with E-state index in [1.54, 1.807) is 12.1 Å². The predicted molar refractivity (Wildman–Crippen MR) is 106 cm³/mol. The lowest BCUT2D eigenvalue weighted by Gasteiger charge is -2.09. The molecule has 1 aliphatic carbocycles. The Morgan fingerprint density at radius 1 is 0.963 bits per heavy atom. The Kier molecular flexibility index (Phi) is 6.12. The first-order valence-corrected chi connectivity index (χ1v) is 9.44. The van der Waals surface area contributed by atoms with Gasteiger partial charge in [0.1, 0.15) is 11.5 Å². The molecule has 0 heterocycles. The highest BCUT2D eigenvalue weighted by Crippen LogP contribution is 2.39. The summed E-state index contributed by atoms with van der Waals surface area (Å²) in [4.78, 5) is 24.4. The maximum Gasteiger partial charge on any atom is 0.228 e. The Balaban J connectivity index is 1.45. The number of ether oxygens (including phenoxy) is 1. The van der Waals surface area contributed by atoms with Crippen LogP contribution in [-0.4, -0.2) is 18.4 Å². The van der Waals surface area contributed by atoms with Gasteiger partial charge in [0, 0.05) is 12.2 Å². The molecule has 5 nitrogen and oxygen atoms in total. The summed E-state index contributed by atoms with van der Waals surface area (Å²) in [6.07, 6.45) is 1.57. The van der Waals surface area contributed by atoms with Gasteiger partial charge in [-0.05, 0) is 55.2 Å². The summed E-state index contributed by atoms with van der Waals surface area (Å²) in [6.45, 7) is 4.91. The number of amides is 2. The van der Waals surface area contributed by atoms with Gasteiger partial charge in [0.05, 0.1) is 11.8 Å². The first kappa shape index (κ1) is 19.0. The molecule has 2 atom stereocenters. The van der Waals surface area contributed by atoms with Crippen LogP contribution in [0.4, 0.5) is 5.69 Å². The Labute approximate surface area is 160 Å². The Bertz CT molecular complexity index is 772. The highest BCUT2D eigenvalue weighted by atomic mass is 16.5. The van der Waals surface area contributed by atoms with Crippen molar-refractivity contribution >= 4 is 17.5 Å². The number of carbonyl (C=O) groups excluding carboxylic acids is 2. The van der Waals surface area contributed by atoms with Crippen LogP contribution in [0.2, 0.25) is 0 Å². The van der Waals surface area contributed by atoms with Crippen molar-refractivity contribution in [3.63, 3.8) is 0 Å². The van der Waals surface area contributed by atoms with Gasteiger partial charge in [-0.2, -0.15) is 0 Å². The molecule has 2 N–H and O–H groups in total. The number of anilines is 1. The number of nitrogens with one attached hydrogen (secondary N) is 2. The van der Waals surface area contributed by atoms with Crippen molar-refractivity contribution < 1.29 is 14.3 Å². The van der Waals surface area contributed by atoms with E-state index in [-0.39, 0.29) is 23.7 Å². The zero-order chi connectivity index (χ0) is 19.2. The van der Waals surface area contributed by atoms with E-state index in [0.717, 1.165) is 12.2 Å². The number of rotatable bonds is 8. The molecule has 0 saturated heterocycles. The summed E-state index contributed by atoms with van der Waals surface area (Å²) < 4.78 is 5.74. The number of hydrogen-bond acceptors (Lipinski definition) is 3. The Morgan fingerprint density at radius 3 is 2.26 bits per heavy atom. The van der Waals surface area contributed by atoms with Crippen molar-refractivity contribution in [2.45, 2.75) is 26.7 Å². The van der Waals surface area contributed by atoms with E-state index in [2.05, 4.69) is 24.5 Å². The second kappa shape index (κ2) is 8.71. The van der Waals surface area contributed by atoms with E-state index in [1.165, 1.54) is 0 Å². The van der Waals surface area contributed by atoms with Crippen molar-refractivity contribution in [3.8, 4) is 11.5 Å². The van der Waals surface area contributed by atoms with Gasteiger partial charge in [-0.15, -0.1) is 0 Å². The van der Waals surface area contributed by atoms with Crippen LogP contribution in [0.25, 0.3) is 0 Å². The van der Waals surface area contributed by atoms with Gasteiger partial charge >= 0.3 is 0 Å². The molecule has 0 bridgehead atoms. The van der Waals surface area contributed by atoms with Crippen LogP contribution in [-0.2, 0) is 9.59 Å².